The molecule has 3 heterocycles. The summed E-state index contributed by atoms with van der Waals surface area (Å²) in [6.45, 7) is 1.91. The monoisotopic (exact) mass is 301 g/mol. The molecule has 1 aliphatic heterocycles. The van der Waals surface area contributed by atoms with Gasteiger partial charge in [-0.3, -0.25) is 0 Å². The summed E-state index contributed by atoms with van der Waals surface area (Å²) in [5, 5.41) is 21.5. The molecule has 21 heavy (non-hydrogen) atoms. The molecule has 8 heteroatoms. The Balaban J connectivity index is 1.86. The Morgan fingerprint density at radius 1 is 0.952 bits per heavy atom. The van der Waals surface area contributed by atoms with Crippen molar-refractivity contribution in [2.75, 3.05) is 18.0 Å². The van der Waals surface area contributed by atoms with E-state index in [0.717, 1.165) is 31.5 Å². The van der Waals surface area contributed by atoms with Gasteiger partial charge in [-0.25, -0.2) is 0 Å². The molecule has 0 radical (unpaired) electrons. The number of hydrogen-bond acceptors (Lipinski definition) is 6. The molecule has 0 spiro atoms. The van der Waals surface area contributed by atoms with Crippen molar-refractivity contribution in [3.05, 3.63) is 29.3 Å². The minimum atomic E-state index is 0.368. The average molecular weight is 302 g/mol. The van der Waals surface area contributed by atoms with Crippen LogP contribution >= 0.6 is 11.6 Å². The second-order valence-electron chi connectivity index (χ2n) is 4.91. The van der Waals surface area contributed by atoms with Crippen molar-refractivity contribution < 1.29 is 0 Å². The van der Waals surface area contributed by atoms with Gasteiger partial charge in [0.15, 0.2) is 5.82 Å². The number of halogens is 1. The maximum Gasteiger partial charge on any atom is 0.291 e. The van der Waals surface area contributed by atoms with Gasteiger partial charge in [-0.1, -0.05) is 23.7 Å². The maximum absolute atomic E-state index is 6.23. The highest BCUT2D eigenvalue weighted by Crippen LogP contribution is 2.26. The van der Waals surface area contributed by atoms with Crippen LogP contribution in [-0.4, -0.2) is 43.1 Å². The number of hydrogen-bond donors (Lipinski definition) is 0. The molecule has 2 aromatic heterocycles. The van der Waals surface area contributed by atoms with Gasteiger partial charge in [0.05, 0.1) is 5.02 Å². The summed E-state index contributed by atoms with van der Waals surface area (Å²) in [6, 6.07) is 7.47. The highest BCUT2D eigenvalue weighted by atomic mass is 35.5. The molecule has 1 aliphatic rings. The molecular weight excluding hydrogens is 290 g/mol. The van der Waals surface area contributed by atoms with Crippen LogP contribution in [0, 0.1) is 0 Å². The summed E-state index contributed by atoms with van der Waals surface area (Å²) in [6.07, 6.45) is 2.31. The number of rotatable bonds is 2. The van der Waals surface area contributed by atoms with Crippen LogP contribution in [-0.2, 0) is 0 Å². The van der Waals surface area contributed by atoms with Crippen molar-refractivity contribution in [3.63, 3.8) is 0 Å². The first kappa shape index (κ1) is 12.5. The predicted molar refractivity (Wildman–Crippen MR) is 78.3 cm³/mol. The maximum atomic E-state index is 6.23. The second kappa shape index (κ2) is 4.92. The SMILES string of the molecule is Clc1ccccc1-c1nnc2nnc(N3CCCC3)nn12. The van der Waals surface area contributed by atoms with Crippen LogP contribution in [0.3, 0.4) is 0 Å². The van der Waals surface area contributed by atoms with Gasteiger partial charge >= 0.3 is 0 Å². The van der Waals surface area contributed by atoms with Crippen molar-refractivity contribution >= 4 is 23.3 Å². The minimum Gasteiger partial charge on any atom is -0.338 e. The summed E-state index contributed by atoms with van der Waals surface area (Å²) in [5.41, 5.74) is 0.777. The topological polar surface area (TPSA) is 72.1 Å². The summed E-state index contributed by atoms with van der Waals surface area (Å²) in [5.74, 6) is 1.55. The van der Waals surface area contributed by atoms with Crippen LogP contribution in [0.15, 0.2) is 24.3 Å². The Morgan fingerprint density at radius 2 is 1.71 bits per heavy atom. The van der Waals surface area contributed by atoms with Gasteiger partial charge in [0, 0.05) is 18.7 Å². The van der Waals surface area contributed by atoms with Gasteiger partial charge in [-0.15, -0.1) is 25.5 Å². The zero-order chi connectivity index (χ0) is 14.2. The van der Waals surface area contributed by atoms with Crippen molar-refractivity contribution in [3.8, 4) is 11.4 Å². The molecule has 1 aromatic carbocycles. The van der Waals surface area contributed by atoms with Crippen LogP contribution in [0.4, 0.5) is 5.95 Å². The Bertz CT molecular complexity index is 794. The molecule has 0 atom stereocenters. The lowest BCUT2D eigenvalue weighted by Gasteiger charge is -2.13. The highest BCUT2D eigenvalue weighted by molar-refractivity contribution is 6.33. The molecular formula is C13H12ClN7. The molecule has 106 valence electrons. The number of benzene rings is 1. The van der Waals surface area contributed by atoms with Crippen molar-refractivity contribution in [1.82, 2.24) is 30.0 Å². The lowest BCUT2D eigenvalue weighted by atomic mass is 10.2. The Labute approximate surface area is 125 Å². The van der Waals surface area contributed by atoms with Crippen LogP contribution in [0.25, 0.3) is 17.2 Å². The van der Waals surface area contributed by atoms with Crippen LogP contribution < -0.4 is 4.90 Å². The third kappa shape index (κ3) is 2.09. The predicted octanol–water partition coefficient (Wildman–Crippen LogP) is 1.83. The van der Waals surface area contributed by atoms with Crippen molar-refractivity contribution in [2.45, 2.75) is 12.8 Å². The van der Waals surface area contributed by atoms with E-state index in [1.165, 1.54) is 0 Å². The summed E-state index contributed by atoms with van der Waals surface area (Å²) >= 11 is 6.23. The molecule has 1 saturated heterocycles. The standard InChI is InChI=1S/C13H12ClN7/c14-10-6-2-1-5-9(10)11-15-16-12-17-18-13(19-21(11)12)20-7-3-4-8-20/h1-2,5-6H,3-4,7-8H2. The second-order valence-corrected chi connectivity index (χ2v) is 5.32. The zero-order valence-corrected chi connectivity index (χ0v) is 11.9. The fraction of sp³-hybridized carbons (Fsp3) is 0.308. The minimum absolute atomic E-state index is 0.368. The van der Waals surface area contributed by atoms with Crippen LogP contribution in [0.2, 0.25) is 5.02 Å². The lowest BCUT2D eigenvalue weighted by molar-refractivity contribution is 0.775. The molecule has 1 fully saturated rings. The molecule has 0 bridgehead atoms. The molecule has 3 aromatic rings. The third-order valence-corrected chi connectivity index (χ3v) is 3.88. The Hall–Kier alpha value is -2.28. The van der Waals surface area contributed by atoms with E-state index in [1.807, 2.05) is 24.3 Å². The normalized spacial score (nSPS) is 15.0. The van der Waals surface area contributed by atoms with Crippen molar-refractivity contribution in [1.29, 1.82) is 0 Å². The van der Waals surface area contributed by atoms with E-state index < -0.39 is 0 Å². The van der Waals surface area contributed by atoms with Crippen molar-refractivity contribution in [2.24, 2.45) is 0 Å². The van der Waals surface area contributed by atoms with Gasteiger partial charge in [0.2, 0.25) is 0 Å². The fourth-order valence-electron chi connectivity index (χ4n) is 2.48. The first-order valence-electron chi connectivity index (χ1n) is 6.79. The summed E-state index contributed by atoms with van der Waals surface area (Å²) in [7, 11) is 0. The van der Waals surface area contributed by atoms with Gasteiger partial charge in [0.25, 0.3) is 11.7 Å². The first-order valence-corrected chi connectivity index (χ1v) is 7.17. The number of aromatic nitrogens is 6. The molecule has 7 nitrogen and oxygen atoms in total. The van der Waals surface area contributed by atoms with Crippen LogP contribution in [0.1, 0.15) is 12.8 Å². The van der Waals surface area contributed by atoms with E-state index in [4.69, 9.17) is 11.6 Å². The number of anilines is 1. The molecule has 0 unspecified atom stereocenters. The number of fused-ring (bicyclic) bond motifs is 1. The van der Waals surface area contributed by atoms with Gasteiger partial charge < -0.3 is 4.90 Å². The quantitative estimate of drug-likeness (QED) is 0.719. The van der Waals surface area contributed by atoms with E-state index in [0.29, 0.717) is 22.6 Å². The van der Waals surface area contributed by atoms with Crippen LogP contribution in [0.5, 0.6) is 0 Å². The van der Waals surface area contributed by atoms with Gasteiger partial charge in [-0.2, -0.15) is 4.52 Å². The summed E-state index contributed by atoms with van der Waals surface area (Å²) in [4.78, 5) is 2.11. The van der Waals surface area contributed by atoms with Gasteiger partial charge in [-0.05, 0) is 25.0 Å². The molecule has 0 amide bonds. The van der Waals surface area contributed by atoms with Gasteiger partial charge in [0.1, 0.15) is 0 Å². The molecule has 0 saturated carbocycles. The molecule has 0 N–H and O–H groups in total. The molecule has 0 aliphatic carbocycles. The highest BCUT2D eigenvalue weighted by Gasteiger charge is 2.19. The third-order valence-electron chi connectivity index (χ3n) is 3.55. The van der Waals surface area contributed by atoms with E-state index in [-0.39, 0.29) is 0 Å². The lowest BCUT2D eigenvalue weighted by Crippen LogP contribution is -2.22. The van der Waals surface area contributed by atoms with E-state index in [1.54, 1.807) is 4.52 Å². The van der Waals surface area contributed by atoms with E-state index >= 15 is 0 Å². The summed E-state index contributed by atoms with van der Waals surface area (Å²) < 4.78 is 1.60. The molecule has 4 rings (SSSR count). The largest absolute Gasteiger partial charge is 0.338 e. The fourth-order valence-corrected chi connectivity index (χ4v) is 2.70. The Kier molecular flexibility index (Phi) is 2.92. The Morgan fingerprint density at radius 3 is 2.52 bits per heavy atom. The smallest absolute Gasteiger partial charge is 0.291 e. The zero-order valence-electron chi connectivity index (χ0n) is 11.1. The first-order chi connectivity index (χ1) is 10.3. The van der Waals surface area contributed by atoms with E-state index in [9.17, 15) is 0 Å². The van der Waals surface area contributed by atoms with E-state index in [2.05, 4.69) is 30.4 Å². The average Bonchev–Trinajstić information content (AvgIpc) is 3.17. The number of nitrogens with zero attached hydrogens (tertiary/aromatic N) is 7.